The smallest absolute Gasteiger partial charge is 0.199 e. The van der Waals surface area contributed by atoms with E-state index in [4.69, 9.17) is 9.15 Å². The van der Waals surface area contributed by atoms with Crippen molar-refractivity contribution < 1.29 is 13.9 Å². The Hall–Kier alpha value is -2.54. The van der Waals surface area contributed by atoms with Crippen LogP contribution in [0.2, 0.25) is 0 Å². The summed E-state index contributed by atoms with van der Waals surface area (Å²) in [7, 11) is 1.58. The Bertz CT molecular complexity index is 579. The molecule has 0 radical (unpaired) electrons. The summed E-state index contributed by atoms with van der Waals surface area (Å²) in [6.07, 6.45) is 1.55. The topological polar surface area (TPSA) is 63.2 Å². The van der Waals surface area contributed by atoms with Gasteiger partial charge in [-0.1, -0.05) is 12.1 Å². The number of carbonyl (C=O) groups excluding carboxylic acids is 1. The molecule has 0 saturated heterocycles. The number of carbonyl (C=O) groups is 1. The molecule has 96 valence electrons. The van der Waals surface area contributed by atoms with Gasteiger partial charge in [-0.05, 0) is 29.8 Å². The third-order valence-electron chi connectivity index (χ3n) is 2.86. The highest BCUT2D eigenvalue weighted by atomic mass is 16.5. The van der Waals surface area contributed by atoms with Crippen LogP contribution in [0.15, 0.2) is 47.1 Å². The lowest BCUT2D eigenvalue weighted by Crippen LogP contribution is -2.05. The summed E-state index contributed by atoms with van der Waals surface area (Å²) in [4.78, 5) is 11.9. The first-order chi connectivity index (χ1) is 9.24. The number of ketones is 1. The molecule has 1 unspecified atom stereocenters. The van der Waals surface area contributed by atoms with Crippen molar-refractivity contribution in [3.05, 3.63) is 54.0 Å². The van der Waals surface area contributed by atoms with Crippen LogP contribution in [0.4, 0.5) is 0 Å². The lowest BCUT2D eigenvalue weighted by atomic mass is 9.94. The molecule has 0 spiro atoms. The molecule has 0 saturated carbocycles. The number of methoxy groups -OCH3 is 1. The van der Waals surface area contributed by atoms with Crippen LogP contribution in [0.1, 0.15) is 28.5 Å². The van der Waals surface area contributed by atoms with Crippen LogP contribution in [0.25, 0.3) is 0 Å². The Morgan fingerprint density at radius 2 is 2.11 bits per heavy atom. The minimum atomic E-state index is -0.483. The molecule has 1 heterocycles. The van der Waals surface area contributed by atoms with Gasteiger partial charge in [-0.2, -0.15) is 5.26 Å². The van der Waals surface area contributed by atoms with Crippen molar-refractivity contribution in [3.63, 3.8) is 0 Å². The molecule has 1 atom stereocenters. The summed E-state index contributed by atoms with van der Waals surface area (Å²) >= 11 is 0. The summed E-state index contributed by atoms with van der Waals surface area (Å²) in [6.45, 7) is 0. The predicted molar refractivity (Wildman–Crippen MR) is 69.0 cm³/mol. The quantitative estimate of drug-likeness (QED) is 0.770. The number of hydrogen-bond acceptors (Lipinski definition) is 4. The molecule has 4 heteroatoms. The molecule has 0 aliphatic rings. The van der Waals surface area contributed by atoms with E-state index in [1.54, 1.807) is 43.5 Å². The second-order valence-electron chi connectivity index (χ2n) is 4.06. The molecule has 0 aliphatic heterocycles. The van der Waals surface area contributed by atoms with E-state index in [1.165, 1.54) is 6.26 Å². The minimum absolute atomic E-state index is 0.107. The highest BCUT2D eigenvalue weighted by Gasteiger charge is 2.18. The molecule has 0 fully saturated rings. The zero-order valence-corrected chi connectivity index (χ0v) is 10.5. The fraction of sp³-hybridized carbons (Fsp3) is 0.200. The van der Waals surface area contributed by atoms with E-state index in [1.807, 2.05) is 0 Å². The zero-order valence-electron chi connectivity index (χ0n) is 10.5. The number of hydrogen-bond donors (Lipinski definition) is 0. The van der Waals surface area contributed by atoms with Crippen molar-refractivity contribution in [2.24, 2.45) is 0 Å². The monoisotopic (exact) mass is 255 g/mol. The molecule has 0 bridgehead atoms. The average molecular weight is 255 g/mol. The molecule has 4 nitrogen and oxygen atoms in total. The number of rotatable bonds is 5. The lowest BCUT2D eigenvalue weighted by Gasteiger charge is -2.08. The SMILES string of the molecule is COc1ccc(C(C#N)CC(=O)c2ccco2)cc1. The lowest BCUT2D eigenvalue weighted by molar-refractivity contribution is 0.0952. The molecule has 1 aromatic heterocycles. The standard InChI is InChI=1S/C15H13NO3/c1-18-13-6-4-11(5-7-13)12(10-16)9-14(17)15-3-2-8-19-15/h2-8,12H,9H2,1H3. The number of Topliss-reactive ketones (excluding diaryl/α,β-unsaturated/α-hetero) is 1. The van der Waals surface area contributed by atoms with Gasteiger partial charge in [-0.25, -0.2) is 0 Å². The van der Waals surface area contributed by atoms with Gasteiger partial charge < -0.3 is 9.15 Å². The highest BCUT2D eigenvalue weighted by molar-refractivity contribution is 5.94. The normalized spacial score (nSPS) is 11.6. The van der Waals surface area contributed by atoms with Gasteiger partial charge in [0.05, 0.1) is 25.4 Å². The van der Waals surface area contributed by atoms with E-state index in [9.17, 15) is 10.1 Å². The Morgan fingerprint density at radius 1 is 1.37 bits per heavy atom. The van der Waals surface area contributed by atoms with Gasteiger partial charge in [0.2, 0.25) is 0 Å². The van der Waals surface area contributed by atoms with Gasteiger partial charge in [0.1, 0.15) is 5.75 Å². The first-order valence-electron chi connectivity index (χ1n) is 5.85. The summed E-state index contributed by atoms with van der Waals surface area (Å²) in [6, 6.07) is 12.5. The van der Waals surface area contributed by atoms with Crippen molar-refractivity contribution in [3.8, 4) is 11.8 Å². The van der Waals surface area contributed by atoms with Gasteiger partial charge in [0, 0.05) is 6.42 Å². The molecule has 1 aromatic carbocycles. The summed E-state index contributed by atoms with van der Waals surface area (Å²) < 4.78 is 10.1. The molecule has 19 heavy (non-hydrogen) atoms. The van der Waals surface area contributed by atoms with E-state index in [2.05, 4.69) is 6.07 Å². The van der Waals surface area contributed by atoms with E-state index in [0.29, 0.717) is 0 Å². The van der Waals surface area contributed by atoms with Crippen molar-refractivity contribution in [2.45, 2.75) is 12.3 Å². The maximum atomic E-state index is 11.9. The van der Waals surface area contributed by atoms with Crippen LogP contribution in [0.5, 0.6) is 5.75 Å². The van der Waals surface area contributed by atoms with E-state index >= 15 is 0 Å². The van der Waals surface area contributed by atoms with Crippen molar-refractivity contribution >= 4 is 5.78 Å². The molecule has 0 amide bonds. The maximum Gasteiger partial charge on any atom is 0.199 e. The minimum Gasteiger partial charge on any atom is -0.497 e. The van der Waals surface area contributed by atoms with Crippen molar-refractivity contribution in [1.82, 2.24) is 0 Å². The molecule has 2 rings (SSSR count). The summed E-state index contributed by atoms with van der Waals surface area (Å²) in [5.74, 6) is 0.349. The Kier molecular flexibility index (Phi) is 3.99. The number of ether oxygens (including phenoxy) is 1. The Morgan fingerprint density at radius 3 is 2.63 bits per heavy atom. The molecule has 0 aliphatic carbocycles. The third kappa shape index (κ3) is 3.02. The van der Waals surface area contributed by atoms with Gasteiger partial charge in [0.25, 0.3) is 0 Å². The van der Waals surface area contributed by atoms with Crippen LogP contribution in [0.3, 0.4) is 0 Å². The van der Waals surface area contributed by atoms with Gasteiger partial charge in [0.15, 0.2) is 11.5 Å². The fourth-order valence-corrected chi connectivity index (χ4v) is 1.80. The van der Waals surface area contributed by atoms with E-state index in [0.717, 1.165) is 11.3 Å². The second-order valence-corrected chi connectivity index (χ2v) is 4.06. The van der Waals surface area contributed by atoms with Gasteiger partial charge >= 0.3 is 0 Å². The van der Waals surface area contributed by atoms with Crippen LogP contribution >= 0.6 is 0 Å². The summed E-state index contributed by atoms with van der Waals surface area (Å²) in [5.41, 5.74) is 0.795. The zero-order chi connectivity index (χ0) is 13.7. The Labute approximate surface area is 111 Å². The van der Waals surface area contributed by atoms with Crippen LogP contribution in [-0.2, 0) is 0 Å². The third-order valence-corrected chi connectivity index (χ3v) is 2.86. The van der Waals surface area contributed by atoms with Crippen LogP contribution in [0, 0.1) is 11.3 Å². The number of nitrogens with zero attached hydrogens (tertiary/aromatic N) is 1. The molecule has 2 aromatic rings. The first kappa shape index (κ1) is 12.9. The molecular formula is C15H13NO3. The Balaban J connectivity index is 2.12. The van der Waals surface area contributed by atoms with Crippen LogP contribution in [-0.4, -0.2) is 12.9 Å². The first-order valence-corrected chi connectivity index (χ1v) is 5.85. The number of benzene rings is 1. The molecular weight excluding hydrogens is 242 g/mol. The molecule has 0 N–H and O–H groups in total. The van der Waals surface area contributed by atoms with Gasteiger partial charge in [-0.3, -0.25) is 4.79 Å². The van der Waals surface area contributed by atoms with E-state index in [-0.39, 0.29) is 18.0 Å². The fourth-order valence-electron chi connectivity index (χ4n) is 1.80. The largest absolute Gasteiger partial charge is 0.497 e. The number of furan rings is 1. The van der Waals surface area contributed by atoms with Crippen molar-refractivity contribution in [1.29, 1.82) is 5.26 Å². The summed E-state index contributed by atoms with van der Waals surface area (Å²) in [5, 5.41) is 9.19. The van der Waals surface area contributed by atoms with Crippen LogP contribution < -0.4 is 4.74 Å². The van der Waals surface area contributed by atoms with Gasteiger partial charge in [-0.15, -0.1) is 0 Å². The highest BCUT2D eigenvalue weighted by Crippen LogP contribution is 2.23. The maximum absolute atomic E-state index is 11.9. The van der Waals surface area contributed by atoms with E-state index < -0.39 is 5.92 Å². The predicted octanol–water partition coefficient (Wildman–Crippen LogP) is 3.17. The van der Waals surface area contributed by atoms with Crippen molar-refractivity contribution in [2.75, 3.05) is 7.11 Å². The average Bonchev–Trinajstić information content (AvgIpc) is 2.99. The number of nitriles is 1. The second kappa shape index (κ2) is 5.87.